The maximum Gasteiger partial charge on any atom is 0.229 e. The summed E-state index contributed by atoms with van der Waals surface area (Å²) in [5.41, 5.74) is 7.40. The molecule has 0 aromatic heterocycles. The Morgan fingerprint density at radius 2 is 1.54 bits per heavy atom. The first-order chi connectivity index (χ1) is 12.6. The molecule has 0 aliphatic rings. The molecule has 0 amide bonds. The Hall–Kier alpha value is -3.18. The summed E-state index contributed by atoms with van der Waals surface area (Å²) in [5, 5.41) is 0.608. The van der Waals surface area contributed by atoms with Gasteiger partial charge in [-0.25, -0.2) is 9.38 Å². The van der Waals surface area contributed by atoms with Gasteiger partial charge in [0.05, 0.1) is 11.4 Å². The molecule has 0 aliphatic carbocycles. The minimum Gasteiger partial charge on any atom is -0.300 e. The highest BCUT2D eigenvalue weighted by Gasteiger charge is 2.14. The van der Waals surface area contributed by atoms with Crippen molar-refractivity contribution in [2.45, 2.75) is 0 Å². The van der Waals surface area contributed by atoms with Gasteiger partial charge in [-0.05, 0) is 48.5 Å². The van der Waals surface area contributed by atoms with Gasteiger partial charge in [0.2, 0.25) is 5.78 Å². The van der Waals surface area contributed by atoms with Crippen molar-refractivity contribution in [3.63, 3.8) is 0 Å². The molecule has 4 nitrogen and oxygen atoms in total. The SMILES string of the molecule is O=C(C(=Nc1ccc(F)cc1)NNc1ccc(Cl)cc1)c1ccccc1. The fourth-order valence-corrected chi connectivity index (χ4v) is 2.30. The molecule has 0 radical (unpaired) electrons. The minimum atomic E-state index is -0.368. The van der Waals surface area contributed by atoms with E-state index in [4.69, 9.17) is 11.6 Å². The molecule has 130 valence electrons. The number of carbonyl (C=O) groups excluding carboxylic acids is 1. The maximum atomic E-state index is 13.1. The van der Waals surface area contributed by atoms with Crippen LogP contribution in [-0.4, -0.2) is 11.6 Å². The molecule has 26 heavy (non-hydrogen) atoms. The number of nitrogens with zero attached hydrogens (tertiary/aromatic N) is 1. The van der Waals surface area contributed by atoms with E-state index in [-0.39, 0.29) is 17.4 Å². The first kappa shape index (κ1) is 17.6. The van der Waals surface area contributed by atoms with E-state index in [2.05, 4.69) is 15.8 Å². The second kappa shape index (κ2) is 8.27. The number of rotatable bonds is 5. The lowest BCUT2D eigenvalue weighted by Crippen LogP contribution is -2.35. The van der Waals surface area contributed by atoms with Gasteiger partial charge in [-0.2, -0.15) is 0 Å². The maximum absolute atomic E-state index is 13.1. The minimum absolute atomic E-state index is 0.0813. The Labute approximate surface area is 155 Å². The van der Waals surface area contributed by atoms with Gasteiger partial charge in [0.15, 0.2) is 5.84 Å². The number of Topliss-reactive ketones (excluding diaryl/α,β-unsaturated/α-hetero) is 1. The normalized spacial score (nSPS) is 11.1. The van der Waals surface area contributed by atoms with Crippen LogP contribution in [0.5, 0.6) is 0 Å². The van der Waals surface area contributed by atoms with Crippen molar-refractivity contribution < 1.29 is 9.18 Å². The monoisotopic (exact) mass is 367 g/mol. The summed E-state index contributed by atoms with van der Waals surface area (Å²) in [4.78, 5) is 17.1. The van der Waals surface area contributed by atoms with Crippen molar-refractivity contribution in [1.82, 2.24) is 5.43 Å². The number of hydrogen-bond acceptors (Lipinski definition) is 3. The van der Waals surface area contributed by atoms with Crippen LogP contribution in [-0.2, 0) is 0 Å². The number of amidine groups is 1. The van der Waals surface area contributed by atoms with E-state index in [1.807, 2.05) is 6.07 Å². The molecular formula is C20H15ClFN3O. The number of nitrogens with one attached hydrogen (secondary N) is 2. The number of hydrazine groups is 1. The molecule has 6 heteroatoms. The highest BCUT2D eigenvalue weighted by atomic mass is 35.5. The molecule has 0 atom stereocenters. The number of aliphatic imine (C=N–C) groups is 1. The van der Waals surface area contributed by atoms with Crippen LogP contribution in [0.3, 0.4) is 0 Å². The van der Waals surface area contributed by atoms with Gasteiger partial charge in [0.1, 0.15) is 5.82 Å². The average Bonchev–Trinajstić information content (AvgIpc) is 2.68. The number of benzene rings is 3. The van der Waals surface area contributed by atoms with Crippen molar-refractivity contribution in [1.29, 1.82) is 0 Å². The summed E-state index contributed by atoms with van der Waals surface area (Å²) < 4.78 is 13.1. The lowest BCUT2D eigenvalue weighted by atomic mass is 10.1. The quantitative estimate of drug-likeness (QED) is 0.288. The third-order valence-corrected chi connectivity index (χ3v) is 3.74. The molecule has 0 saturated heterocycles. The molecule has 3 aromatic rings. The van der Waals surface area contributed by atoms with E-state index in [9.17, 15) is 9.18 Å². The Bertz CT molecular complexity index is 910. The molecule has 0 heterocycles. The summed E-state index contributed by atoms with van der Waals surface area (Å²) in [6.45, 7) is 0. The number of ketones is 1. The number of carbonyl (C=O) groups is 1. The Morgan fingerprint density at radius 3 is 2.19 bits per heavy atom. The molecule has 0 spiro atoms. The topological polar surface area (TPSA) is 53.5 Å². The molecule has 3 aromatic carbocycles. The molecule has 0 aliphatic heterocycles. The number of halogens is 2. The van der Waals surface area contributed by atoms with Crippen LogP contribution in [0.4, 0.5) is 15.8 Å². The summed E-state index contributed by atoms with van der Waals surface area (Å²) in [6.07, 6.45) is 0. The smallest absolute Gasteiger partial charge is 0.229 e. The first-order valence-corrected chi connectivity index (χ1v) is 8.21. The van der Waals surface area contributed by atoms with Gasteiger partial charge in [-0.3, -0.25) is 15.6 Å². The zero-order valence-electron chi connectivity index (χ0n) is 13.6. The molecule has 0 saturated carbocycles. The Morgan fingerprint density at radius 1 is 0.885 bits per heavy atom. The van der Waals surface area contributed by atoms with E-state index >= 15 is 0 Å². The van der Waals surface area contributed by atoms with E-state index < -0.39 is 0 Å². The second-order valence-electron chi connectivity index (χ2n) is 5.39. The predicted molar refractivity (Wildman–Crippen MR) is 102 cm³/mol. The van der Waals surface area contributed by atoms with E-state index in [0.717, 1.165) is 0 Å². The first-order valence-electron chi connectivity index (χ1n) is 7.83. The third-order valence-electron chi connectivity index (χ3n) is 3.49. The second-order valence-corrected chi connectivity index (χ2v) is 5.83. The highest BCUT2D eigenvalue weighted by Crippen LogP contribution is 2.15. The molecule has 3 rings (SSSR count). The summed E-state index contributed by atoms with van der Waals surface area (Å²) in [5.74, 6) is -0.582. The van der Waals surface area contributed by atoms with E-state index in [0.29, 0.717) is 22.0 Å². The van der Waals surface area contributed by atoms with Gasteiger partial charge in [0.25, 0.3) is 0 Å². The Balaban J connectivity index is 1.86. The van der Waals surface area contributed by atoms with Crippen molar-refractivity contribution in [2.75, 3.05) is 5.43 Å². The molecule has 0 bridgehead atoms. The van der Waals surface area contributed by atoms with Crippen molar-refractivity contribution in [3.05, 3.63) is 95.3 Å². The molecular weight excluding hydrogens is 353 g/mol. The van der Waals surface area contributed by atoms with Crippen LogP contribution >= 0.6 is 11.6 Å². The van der Waals surface area contributed by atoms with Gasteiger partial charge < -0.3 is 0 Å². The fraction of sp³-hybridized carbons (Fsp3) is 0. The van der Waals surface area contributed by atoms with Crippen LogP contribution < -0.4 is 10.9 Å². The number of anilines is 1. The highest BCUT2D eigenvalue weighted by molar-refractivity contribution is 6.45. The van der Waals surface area contributed by atoms with Crippen molar-refractivity contribution >= 4 is 34.6 Å². The summed E-state index contributed by atoms with van der Waals surface area (Å²) >= 11 is 5.87. The molecule has 0 fully saturated rings. The lowest BCUT2D eigenvalue weighted by Gasteiger charge is -2.12. The number of hydrogen-bond donors (Lipinski definition) is 2. The fourth-order valence-electron chi connectivity index (χ4n) is 2.17. The summed E-state index contributed by atoms with van der Waals surface area (Å²) in [7, 11) is 0. The van der Waals surface area contributed by atoms with E-state index in [1.54, 1.807) is 48.5 Å². The zero-order valence-corrected chi connectivity index (χ0v) is 14.4. The van der Waals surface area contributed by atoms with Crippen LogP contribution in [0.15, 0.2) is 83.9 Å². The van der Waals surface area contributed by atoms with E-state index in [1.165, 1.54) is 24.3 Å². The van der Waals surface area contributed by atoms with Gasteiger partial charge in [-0.1, -0.05) is 41.9 Å². The summed E-state index contributed by atoms with van der Waals surface area (Å²) in [6, 6.07) is 21.3. The largest absolute Gasteiger partial charge is 0.300 e. The predicted octanol–water partition coefficient (Wildman–Crippen LogP) is 5.01. The van der Waals surface area contributed by atoms with Crippen LogP contribution in [0.1, 0.15) is 10.4 Å². The standard InChI is InChI=1S/C20H15ClFN3O/c21-15-6-10-18(11-7-15)24-25-20(19(26)14-4-2-1-3-5-14)23-17-12-8-16(22)9-13-17/h1-13,24H,(H,23,25). The van der Waals surface area contributed by atoms with Crippen LogP contribution in [0, 0.1) is 5.82 Å². The van der Waals surface area contributed by atoms with Gasteiger partial charge >= 0.3 is 0 Å². The third kappa shape index (κ3) is 4.68. The molecule has 0 unspecified atom stereocenters. The molecule has 2 N–H and O–H groups in total. The lowest BCUT2D eigenvalue weighted by molar-refractivity contribution is 0.106. The van der Waals surface area contributed by atoms with Crippen molar-refractivity contribution in [3.8, 4) is 0 Å². The van der Waals surface area contributed by atoms with Gasteiger partial charge in [0, 0.05) is 10.6 Å². The van der Waals surface area contributed by atoms with Crippen molar-refractivity contribution in [2.24, 2.45) is 4.99 Å². The van der Waals surface area contributed by atoms with Crippen LogP contribution in [0.25, 0.3) is 0 Å². The van der Waals surface area contributed by atoms with Crippen LogP contribution in [0.2, 0.25) is 5.02 Å². The zero-order chi connectivity index (χ0) is 18.4. The van der Waals surface area contributed by atoms with Gasteiger partial charge in [-0.15, -0.1) is 0 Å². The Kier molecular flexibility index (Phi) is 5.61. The average molecular weight is 368 g/mol.